The van der Waals surface area contributed by atoms with Crippen molar-refractivity contribution >= 4 is 5.91 Å². The molecule has 4 unspecified atom stereocenters. The van der Waals surface area contributed by atoms with Crippen LogP contribution in [-0.4, -0.2) is 23.9 Å². The second-order valence-electron chi connectivity index (χ2n) is 14.3. The topological polar surface area (TPSA) is 20.3 Å². The molecule has 4 rings (SSSR count). The third-order valence-corrected chi connectivity index (χ3v) is 12.4. The fourth-order valence-electron chi connectivity index (χ4n) is 10.2. The van der Waals surface area contributed by atoms with Gasteiger partial charge >= 0.3 is 0 Å². The van der Waals surface area contributed by atoms with Gasteiger partial charge in [-0.05, 0) is 117 Å². The molecule has 0 aromatic rings. The molecule has 1 amide bonds. The summed E-state index contributed by atoms with van der Waals surface area (Å²) in [5, 5.41) is 0. The van der Waals surface area contributed by atoms with Crippen LogP contribution in [0.3, 0.4) is 0 Å². The van der Waals surface area contributed by atoms with Gasteiger partial charge < -0.3 is 4.90 Å². The Morgan fingerprint density at radius 3 is 2.22 bits per heavy atom. The summed E-state index contributed by atoms with van der Waals surface area (Å²) in [6.45, 7) is 11.9. The fourth-order valence-corrected chi connectivity index (χ4v) is 10.2. The number of amides is 1. The van der Waals surface area contributed by atoms with E-state index < -0.39 is 0 Å². The van der Waals surface area contributed by atoms with Crippen LogP contribution < -0.4 is 0 Å². The van der Waals surface area contributed by atoms with E-state index in [1.165, 1.54) is 116 Å². The Kier molecular flexibility index (Phi) is 10.3. The van der Waals surface area contributed by atoms with Crippen molar-refractivity contribution in [2.24, 2.45) is 40.4 Å². The minimum atomic E-state index is 0.453. The van der Waals surface area contributed by atoms with Gasteiger partial charge in [0.1, 0.15) is 0 Å². The molecule has 0 bridgehead atoms. The van der Waals surface area contributed by atoms with E-state index >= 15 is 0 Å². The van der Waals surface area contributed by atoms with Crippen molar-refractivity contribution in [2.45, 2.75) is 156 Å². The lowest BCUT2D eigenvalue weighted by molar-refractivity contribution is -0.131. The SMILES string of the molecule is CCCCCCN(CCCCC)C(=O)CCC[C@H]1CCC2C3CCC4CCCC[C@]4(C)C3CC[C@@]21C. The highest BCUT2D eigenvalue weighted by Gasteiger charge is 2.59. The van der Waals surface area contributed by atoms with E-state index in [9.17, 15) is 4.79 Å². The van der Waals surface area contributed by atoms with Crippen LogP contribution in [0.2, 0.25) is 0 Å². The summed E-state index contributed by atoms with van der Waals surface area (Å²) in [4.78, 5) is 15.5. The van der Waals surface area contributed by atoms with Gasteiger partial charge in [-0.2, -0.15) is 0 Å². The van der Waals surface area contributed by atoms with E-state index in [0.717, 1.165) is 55.5 Å². The molecule has 4 aliphatic carbocycles. The molecule has 0 radical (unpaired) electrons. The Balaban J connectivity index is 1.29. The Bertz CT molecular complexity index is 689. The molecule has 0 heterocycles. The highest BCUT2D eigenvalue weighted by Crippen LogP contribution is 2.67. The van der Waals surface area contributed by atoms with Crippen LogP contribution in [0, 0.1) is 40.4 Å². The van der Waals surface area contributed by atoms with E-state index in [2.05, 4.69) is 32.6 Å². The minimum Gasteiger partial charge on any atom is -0.343 e. The van der Waals surface area contributed by atoms with Gasteiger partial charge in [0.05, 0.1) is 0 Å². The van der Waals surface area contributed by atoms with Crippen LogP contribution in [-0.2, 0) is 4.79 Å². The molecule has 4 saturated carbocycles. The lowest BCUT2D eigenvalue weighted by Gasteiger charge is -2.60. The number of rotatable bonds is 13. The van der Waals surface area contributed by atoms with Gasteiger partial charge in [0.25, 0.3) is 0 Å². The number of carbonyl (C=O) groups is 1. The standard InChI is InChI=1S/C34H61NO/c1-5-7-9-13-26-35(25-12-8-6-2)32(36)17-14-16-28-19-21-30-29-20-18-27-15-10-11-23-33(27,3)31(29)22-24-34(28,30)4/h27-31H,5-26H2,1-4H3/t27?,28-,29?,30?,31?,33-,34+/m0/s1. The zero-order valence-electron chi connectivity index (χ0n) is 24.8. The maximum Gasteiger partial charge on any atom is 0.222 e. The van der Waals surface area contributed by atoms with Gasteiger partial charge in [0.15, 0.2) is 0 Å². The number of hydrogen-bond acceptors (Lipinski definition) is 1. The minimum absolute atomic E-state index is 0.453. The molecular weight excluding hydrogens is 438 g/mol. The van der Waals surface area contributed by atoms with Crippen molar-refractivity contribution in [3.63, 3.8) is 0 Å². The van der Waals surface area contributed by atoms with E-state index in [-0.39, 0.29) is 0 Å². The average Bonchev–Trinajstić information content (AvgIpc) is 3.21. The first-order valence-corrected chi connectivity index (χ1v) is 16.7. The Hall–Kier alpha value is -0.530. The summed E-state index contributed by atoms with van der Waals surface area (Å²) in [6, 6.07) is 0. The molecule has 4 fully saturated rings. The molecule has 208 valence electrons. The van der Waals surface area contributed by atoms with E-state index in [1.807, 2.05) is 0 Å². The zero-order chi connectivity index (χ0) is 25.6. The van der Waals surface area contributed by atoms with Gasteiger partial charge in [-0.1, -0.05) is 72.6 Å². The molecule has 0 spiro atoms. The summed E-state index contributed by atoms with van der Waals surface area (Å²) in [7, 11) is 0. The second kappa shape index (κ2) is 13.0. The van der Waals surface area contributed by atoms with Crippen LogP contribution in [0.4, 0.5) is 0 Å². The van der Waals surface area contributed by atoms with Crippen molar-refractivity contribution in [2.75, 3.05) is 13.1 Å². The third-order valence-electron chi connectivity index (χ3n) is 12.4. The van der Waals surface area contributed by atoms with Crippen molar-refractivity contribution in [3.8, 4) is 0 Å². The zero-order valence-corrected chi connectivity index (χ0v) is 24.8. The van der Waals surface area contributed by atoms with Gasteiger partial charge in [-0.3, -0.25) is 4.79 Å². The predicted octanol–water partition coefficient (Wildman–Crippen LogP) is 9.80. The summed E-state index contributed by atoms with van der Waals surface area (Å²) in [5.74, 6) is 5.34. The smallest absolute Gasteiger partial charge is 0.222 e. The van der Waals surface area contributed by atoms with E-state index in [0.29, 0.717) is 16.7 Å². The molecule has 0 aromatic heterocycles. The Morgan fingerprint density at radius 2 is 1.44 bits per heavy atom. The number of unbranched alkanes of at least 4 members (excludes halogenated alkanes) is 5. The quantitative estimate of drug-likeness (QED) is 0.231. The van der Waals surface area contributed by atoms with Crippen molar-refractivity contribution in [1.82, 2.24) is 4.90 Å². The van der Waals surface area contributed by atoms with Gasteiger partial charge in [0.2, 0.25) is 5.91 Å². The molecule has 0 N–H and O–H groups in total. The third kappa shape index (κ3) is 6.03. The molecule has 36 heavy (non-hydrogen) atoms. The number of carbonyl (C=O) groups excluding carboxylic acids is 1. The molecular formula is C34H61NO. The molecule has 4 aliphatic rings. The lowest BCUT2D eigenvalue weighted by atomic mass is 9.45. The summed E-state index contributed by atoms with van der Waals surface area (Å²) < 4.78 is 0. The Labute approximate surface area is 225 Å². The second-order valence-corrected chi connectivity index (χ2v) is 14.3. The maximum atomic E-state index is 13.2. The number of nitrogens with zero attached hydrogens (tertiary/aromatic N) is 1. The highest BCUT2D eigenvalue weighted by molar-refractivity contribution is 5.76. The number of fused-ring (bicyclic) bond motifs is 5. The van der Waals surface area contributed by atoms with Crippen LogP contribution >= 0.6 is 0 Å². The lowest BCUT2D eigenvalue weighted by Crippen LogP contribution is -2.52. The first kappa shape index (κ1) is 28.5. The monoisotopic (exact) mass is 499 g/mol. The molecule has 2 heteroatoms. The predicted molar refractivity (Wildman–Crippen MR) is 154 cm³/mol. The first-order chi connectivity index (χ1) is 17.4. The Morgan fingerprint density at radius 1 is 0.722 bits per heavy atom. The van der Waals surface area contributed by atoms with Gasteiger partial charge in [0, 0.05) is 19.5 Å². The van der Waals surface area contributed by atoms with Crippen molar-refractivity contribution in [3.05, 3.63) is 0 Å². The summed E-state index contributed by atoms with van der Waals surface area (Å²) in [5.41, 5.74) is 1.22. The average molecular weight is 500 g/mol. The highest BCUT2D eigenvalue weighted by atomic mass is 16.2. The van der Waals surface area contributed by atoms with Gasteiger partial charge in [-0.15, -0.1) is 0 Å². The van der Waals surface area contributed by atoms with Crippen LogP contribution in [0.1, 0.15) is 156 Å². The normalized spacial score (nSPS) is 37.7. The molecule has 0 aliphatic heterocycles. The summed E-state index contributed by atoms with van der Waals surface area (Å²) in [6.07, 6.45) is 26.9. The van der Waals surface area contributed by atoms with Crippen LogP contribution in [0.25, 0.3) is 0 Å². The molecule has 7 atom stereocenters. The maximum absolute atomic E-state index is 13.2. The molecule has 0 saturated heterocycles. The van der Waals surface area contributed by atoms with Crippen molar-refractivity contribution in [1.29, 1.82) is 0 Å². The van der Waals surface area contributed by atoms with E-state index in [4.69, 9.17) is 0 Å². The fraction of sp³-hybridized carbons (Fsp3) is 0.971. The molecule has 2 nitrogen and oxygen atoms in total. The van der Waals surface area contributed by atoms with E-state index in [1.54, 1.807) is 0 Å². The van der Waals surface area contributed by atoms with Crippen LogP contribution in [0.5, 0.6) is 0 Å². The largest absolute Gasteiger partial charge is 0.343 e. The van der Waals surface area contributed by atoms with Crippen molar-refractivity contribution < 1.29 is 4.79 Å². The first-order valence-electron chi connectivity index (χ1n) is 16.7. The van der Waals surface area contributed by atoms with Gasteiger partial charge in [-0.25, -0.2) is 0 Å². The number of hydrogen-bond donors (Lipinski definition) is 0. The molecule has 0 aromatic carbocycles. The van der Waals surface area contributed by atoms with Crippen LogP contribution in [0.15, 0.2) is 0 Å². The summed E-state index contributed by atoms with van der Waals surface area (Å²) >= 11 is 0.